The van der Waals surface area contributed by atoms with E-state index in [1.54, 1.807) is 63.8 Å². The van der Waals surface area contributed by atoms with Gasteiger partial charge >= 0.3 is 19.6 Å². The highest BCUT2D eigenvalue weighted by Gasteiger charge is 2.42. The fourth-order valence-corrected chi connectivity index (χ4v) is 12.8. The molecule has 0 bridgehead atoms. The first kappa shape index (κ1) is 63.9. The zero-order valence-corrected chi connectivity index (χ0v) is 52.0. The van der Waals surface area contributed by atoms with E-state index >= 15 is 4.57 Å². The molecule has 6 atom stereocenters. The molecule has 0 radical (unpaired) electrons. The summed E-state index contributed by atoms with van der Waals surface area (Å²) < 4.78 is 73.3. The lowest BCUT2D eigenvalue weighted by Crippen LogP contribution is -2.42. The second-order valence-electron chi connectivity index (χ2n) is 22.0. The molecule has 24 heteroatoms. The number of aromatic nitrogens is 6. The lowest BCUT2D eigenvalue weighted by Gasteiger charge is -2.38. The number of nitrogens with zero attached hydrogens (tertiary/aromatic N) is 6. The highest BCUT2D eigenvalue weighted by molar-refractivity contribution is 7.48. The summed E-state index contributed by atoms with van der Waals surface area (Å²) in [4.78, 5) is 68.0. The summed E-state index contributed by atoms with van der Waals surface area (Å²) in [5, 5.41) is 15.2. The molecule has 2 aliphatic rings. The van der Waals surface area contributed by atoms with Crippen LogP contribution in [0.1, 0.15) is 101 Å². The molecule has 23 nitrogen and oxygen atoms in total. The average molecular weight is 1270 g/mol. The van der Waals surface area contributed by atoms with Gasteiger partial charge in [-0.15, -0.1) is 0 Å². The smallest absolute Gasteiger partial charge is 0.475 e. The number of H-pyrrole nitrogens is 1. The zero-order chi connectivity index (χ0) is 64.4. The molecule has 0 saturated carbocycles. The summed E-state index contributed by atoms with van der Waals surface area (Å²) in [5.41, 5.74) is 6.01. The van der Waals surface area contributed by atoms with Crippen molar-refractivity contribution >= 4 is 36.8 Å². The first-order chi connectivity index (χ1) is 44.7. The SMILES string of the molecule is COc1ccc(C(OC[C@@H](OC(C)n2cc(C)c(=O)[nH]c2=O)C(C)OP(=O)(OCCC#N)OC[C@@H]2CCC(n3cnc4c(NC(=O)c5ccc(CNC(=O)OCC6c7ccccc7-c7ccccc76)cc5)ncnc43)O2)(c2ccccc2)c2ccc(OC)cc2)cc1. The van der Waals surface area contributed by atoms with Crippen molar-refractivity contribution in [3.8, 4) is 28.7 Å². The van der Waals surface area contributed by atoms with Gasteiger partial charge in [-0.2, -0.15) is 5.26 Å². The number of phosphoric ester groups is 1. The van der Waals surface area contributed by atoms with Gasteiger partial charge in [-0.1, -0.05) is 115 Å². The normalized spacial score (nSPS) is 16.1. The summed E-state index contributed by atoms with van der Waals surface area (Å²) in [7, 11) is -1.47. The molecular weight excluding hydrogens is 1200 g/mol. The molecule has 4 heterocycles. The van der Waals surface area contributed by atoms with E-state index in [1.165, 1.54) is 23.4 Å². The Kier molecular flexibility index (Phi) is 19.9. The number of phosphoric acid groups is 1. The second-order valence-corrected chi connectivity index (χ2v) is 23.7. The number of fused-ring (bicyclic) bond motifs is 4. The van der Waals surface area contributed by atoms with Crippen molar-refractivity contribution in [1.29, 1.82) is 5.26 Å². The first-order valence-corrected chi connectivity index (χ1v) is 31.4. The topological polar surface area (TPSA) is 281 Å². The Labute approximate surface area is 529 Å². The molecule has 11 rings (SSSR count). The summed E-state index contributed by atoms with van der Waals surface area (Å²) in [5.74, 6) is 0.857. The third-order valence-corrected chi connectivity index (χ3v) is 17.8. The van der Waals surface area contributed by atoms with Gasteiger partial charge in [-0.3, -0.25) is 37.3 Å². The molecule has 2 amide bonds. The van der Waals surface area contributed by atoms with E-state index in [2.05, 4.69) is 54.8 Å². The molecule has 1 aliphatic carbocycles. The summed E-state index contributed by atoms with van der Waals surface area (Å²) in [6, 6.07) is 49.4. The molecule has 3 aromatic heterocycles. The minimum atomic E-state index is -4.62. The van der Waals surface area contributed by atoms with Gasteiger partial charge in [0.15, 0.2) is 17.0 Å². The average Bonchev–Trinajstić information content (AvgIpc) is 1.73. The number of carbonyl (C=O) groups is 2. The van der Waals surface area contributed by atoms with Crippen LogP contribution in [-0.4, -0.2) is 100 Å². The zero-order valence-electron chi connectivity index (χ0n) is 51.1. The Morgan fingerprint density at radius 2 is 1.43 bits per heavy atom. The Morgan fingerprint density at radius 3 is 2.09 bits per heavy atom. The first-order valence-electron chi connectivity index (χ1n) is 29.9. The van der Waals surface area contributed by atoms with E-state index in [0.717, 1.165) is 33.4 Å². The number of nitriles is 1. The predicted octanol–water partition coefficient (Wildman–Crippen LogP) is 11.0. The number of ether oxygens (including phenoxy) is 6. The van der Waals surface area contributed by atoms with Crippen molar-refractivity contribution in [3.63, 3.8) is 0 Å². The number of anilines is 1. The number of carbonyl (C=O) groups excluding carboxylic acids is 2. The number of alkyl carbamates (subject to hydrolysis) is 1. The van der Waals surface area contributed by atoms with Gasteiger partial charge < -0.3 is 39.1 Å². The fourth-order valence-electron chi connectivity index (χ4n) is 11.4. The maximum Gasteiger partial charge on any atom is 0.475 e. The Morgan fingerprint density at radius 1 is 0.793 bits per heavy atom. The number of hydrogen-bond acceptors (Lipinski definition) is 18. The minimum absolute atomic E-state index is 0.0707. The van der Waals surface area contributed by atoms with Crippen LogP contribution in [0.25, 0.3) is 22.3 Å². The van der Waals surface area contributed by atoms with Gasteiger partial charge in [0.25, 0.3) is 11.5 Å². The van der Waals surface area contributed by atoms with Crippen molar-refractivity contribution in [2.75, 3.05) is 46.0 Å². The molecule has 92 heavy (non-hydrogen) atoms. The largest absolute Gasteiger partial charge is 0.497 e. The monoisotopic (exact) mass is 1270 g/mol. The van der Waals surface area contributed by atoms with E-state index in [1.807, 2.05) is 109 Å². The van der Waals surface area contributed by atoms with Gasteiger partial charge in [0.2, 0.25) is 0 Å². The van der Waals surface area contributed by atoms with Crippen LogP contribution < -0.4 is 31.4 Å². The number of imidazole rings is 1. The number of hydrogen-bond donors (Lipinski definition) is 3. The van der Waals surface area contributed by atoms with Crippen LogP contribution in [0, 0.1) is 18.3 Å². The second kappa shape index (κ2) is 28.7. The van der Waals surface area contributed by atoms with Gasteiger partial charge in [-0.25, -0.2) is 29.1 Å². The molecule has 4 unspecified atom stereocenters. The van der Waals surface area contributed by atoms with Crippen LogP contribution in [0.2, 0.25) is 0 Å². The predicted molar refractivity (Wildman–Crippen MR) is 339 cm³/mol. The maximum absolute atomic E-state index is 15.0. The number of benzene rings is 6. The molecular formula is C68H68N9O14P. The highest BCUT2D eigenvalue weighted by Crippen LogP contribution is 2.53. The van der Waals surface area contributed by atoms with Crippen molar-refractivity contribution in [2.24, 2.45) is 0 Å². The molecule has 1 fully saturated rings. The van der Waals surface area contributed by atoms with Crippen molar-refractivity contribution in [1.82, 2.24) is 34.4 Å². The van der Waals surface area contributed by atoms with Crippen molar-refractivity contribution in [2.45, 2.75) is 88.9 Å². The molecule has 6 aromatic carbocycles. The molecule has 9 aromatic rings. The lowest BCUT2D eigenvalue weighted by molar-refractivity contribution is -0.141. The Hall–Kier alpha value is -9.63. The summed E-state index contributed by atoms with van der Waals surface area (Å²) in [6.07, 6.45) is -0.335. The van der Waals surface area contributed by atoms with Gasteiger partial charge in [0, 0.05) is 29.8 Å². The van der Waals surface area contributed by atoms with E-state index in [-0.39, 0.29) is 56.7 Å². The third-order valence-electron chi connectivity index (χ3n) is 16.2. The van der Waals surface area contributed by atoms with Gasteiger partial charge in [-0.05, 0) is 115 Å². The highest BCUT2D eigenvalue weighted by atomic mass is 31.2. The lowest BCUT2D eigenvalue weighted by atomic mass is 9.80. The molecule has 474 valence electrons. The number of nitrogens with one attached hydrogen (secondary N) is 3. The van der Waals surface area contributed by atoms with E-state index in [0.29, 0.717) is 52.2 Å². The number of methoxy groups -OCH3 is 2. The number of aryl methyl sites for hydroxylation is 1. The van der Waals surface area contributed by atoms with Gasteiger partial charge in [0.05, 0.1) is 65.1 Å². The van der Waals surface area contributed by atoms with Crippen LogP contribution in [-0.2, 0) is 49.2 Å². The van der Waals surface area contributed by atoms with E-state index in [4.69, 9.17) is 42.0 Å². The van der Waals surface area contributed by atoms with Crippen LogP contribution >= 0.6 is 7.82 Å². The molecule has 3 N–H and O–H groups in total. The third kappa shape index (κ3) is 14.1. The fraction of sp³-hybridized carbons (Fsp3) is 0.294. The van der Waals surface area contributed by atoms with E-state index in [9.17, 15) is 24.4 Å². The van der Waals surface area contributed by atoms with Crippen LogP contribution in [0.5, 0.6) is 11.5 Å². The maximum atomic E-state index is 15.0. The van der Waals surface area contributed by atoms with Crippen molar-refractivity contribution < 1.29 is 56.1 Å². The molecule has 1 aliphatic heterocycles. The summed E-state index contributed by atoms with van der Waals surface area (Å²) >= 11 is 0. The van der Waals surface area contributed by atoms with Gasteiger partial charge in [0.1, 0.15) is 48.6 Å². The number of rotatable bonds is 27. The number of aromatic amines is 1. The summed E-state index contributed by atoms with van der Waals surface area (Å²) in [6.45, 7) is 4.23. The standard InChI is InChI=1S/C68H68N9O14P/c1-43-37-76(66(80)75-64(43)78)45(3)89-59(40-86-68(48-14-7-6-8-15-48,49-24-28-51(83-4)29-25-49)50-26-30-52(84-5)31-27-50)44(2)91-92(82,87-35-13-34-69)88-38-53-32-33-60(90-53)77-42-73-61-62(71-41-72-63(61)77)74-65(79)47-22-20-46(21-23-47)36-70-67(81)85-39-58-56-18-11-9-16-54(56)55-17-10-12-19-57(55)58/h6-12,14-31,37,41-42,44-45,53,58-60H,13,32-33,35-36,38-40H2,1-5H3,(H,70,81)(H,75,78,80)(H,71,72,74,79)/t44?,45?,53-,59+,60?,92?/m0/s1. The van der Waals surface area contributed by atoms with Crippen LogP contribution in [0.15, 0.2) is 180 Å². The van der Waals surface area contributed by atoms with E-state index < -0.39 is 67.4 Å². The number of amides is 2. The molecule has 1 saturated heterocycles. The Balaban J connectivity index is 0.756. The quantitative estimate of drug-likeness (QED) is 0.0245. The van der Waals surface area contributed by atoms with Crippen LogP contribution in [0.4, 0.5) is 10.6 Å². The minimum Gasteiger partial charge on any atom is -0.497 e. The molecule has 0 spiro atoms. The van der Waals surface area contributed by atoms with Crippen LogP contribution in [0.3, 0.4) is 0 Å². The van der Waals surface area contributed by atoms with Crippen molar-refractivity contribution in [3.05, 3.63) is 236 Å². The Bertz CT molecular complexity index is 4180.